The van der Waals surface area contributed by atoms with Crippen LogP contribution in [0, 0.1) is 16.0 Å². The molecule has 1 saturated carbocycles. The van der Waals surface area contributed by atoms with Crippen LogP contribution in [0.5, 0.6) is 0 Å². The highest BCUT2D eigenvalue weighted by Gasteiger charge is 2.31. The molecule has 1 aromatic rings. The first kappa shape index (κ1) is 9.61. The van der Waals surface area contributed by atoms with E-state index in [0.29, 0.717) is 6.04 Å². The van der Waals surface area contributed by atoms with Crippen molar-refractivity contribution in [3.63, 3.8) is 0 Å². The van der Waals surface area contributed by atoms with Crippen LogP contribution in [0.1, 0.15) is 18.2 Å². The Bertz CT molecular complexity index is 350. The van der Waals surface area contributed by atoms with Crippen LogP contribution in [0.3, 0.4) is 0 Å². The Balaban J connectivity index is 1.87. The molecule has 1 heterocycles. The van der Waals surface area contributed by atoms with Crippen LogP contribution in [0.25, 0.3) is 0 Å². The van der Waals surface area contributed by atoms with Gasteiger partial charge in [-0.15, -0.1) is 0 Å². The van der Waals surface area contributed by atoms with Gasteiger partial charge in [0.25, 0.3) is 0 Å². The smallest absolute Gasteiger partial charge is 0.309 e. The Labute approximate surface area is 86.1 Å². The second kappa shape index (κ2) is 3.67. The zero-order chi connectivity index (χ0) is 10.1. The summed E-state index contributed by atoms with van der Waals surface area (Å²) in [6, 6.07) is 4.01. The fourth-order valence-corrected chi connectivity index (χ4v) is 2.17. The van der Waals surface area contributed by atoms with Crippen LogP contribution in [0.2, 0.25) is 0 Å². The quantitative estimate of drug-likeness (QED) is 0.614. The molecule has 0 aromatic carbocycles. The number of nitrogens with zero attached hydrogens (tertiary/aromatic N) is 1. The molecule has 1 aromatic heterocycles. The van der Waals surface area contributed by atoms with Gasteiger partial charge in [-0.2, -0.15) is 0 Å². The number of nitro groups is 1. The highest BCUT2D eigenvalue weighted by atomic mass is 32.1. The van der Waals surface area contributed by atoms with Gasteiger partial charge in [0, 0.05) is 23.5 Å². The van der Waals surface area contributed by atoms with Gasteiger partial charge < -0.3 is 5.32 Å². The Morgan fingerprint density at radius 3 is 2.93 bits per heavy atom. The molecule has 1 N–H and O–H groups in total. The van der Waals surface area contributed by atoms with E-state index < -0.39 is 0 Å². The van der Waals surface area contributed by atoms with Gasteiger partial charge in [-0.05, 0) is 18.4 Å². The van der Waals surface area contributed by atoms with E-state index >= 15 is 0 Å². The highest BCUT2D eigenvalue weighted by molar-refractivity contribution is 7.15. The molecule has 0 bridgehead atoms. The molecular weight excluding hydrogens is 200 g/mol. The van der Waals surface area contributed by atoms with Crippen molar-refractivity contribution in [2.75, 3.05) is 0 Å². The minimum Gasteiger partial charge on any atom is -0.309 e. The van der Waals surface area contributed by atoms with Crippen LogP contribution in [0.15, 0.2) is 12.1 Å². The summed E-state index contributed by atoms with van der Waals surface area (Å²) >= 11 is 1.25. The van der Waals surface area contributed by atoms with Gasteiger partial charge >= 0.3 is 5.00 Å². The first-order valence-electron chi connectivity index (χ1n) is 4.63. The Kier molecular flexibility index (Phi) is 2.52. The first-order valence-corrected chi connectivity index (χ1v) is 5.45. The second-order valence-electron chi connectivity index (χ2n) is 3.70. The summed E-state index contributed by atoms with van der Waals surface area (Å²) < 4.78 is 0. The molecule has 2 atom stereocenters. The van der Waals surface area contributed by atoms with Crippen molar-refractivity contribution in [3.05, 3.63) is 27.1 Å². The third-order valence-electron chi connectivity index (χ3n) is 2.48. The summed E-state index contributed by atoms with van der Waals surface area (Å²) in [5, 5.41) is 14.0. The van der Waals surface area contributed by atoms with Crippen molar-refractivity contribution >= 4 is 16.3 Å². The standard InChI is InChI=1S/C9H12N2O2S/c1-6-4-8(6)10-5-7-2-3-9(14-7)11(12)13/h2-3,6,8,10H,4-5H2,1H3. The van der Waals surface area contributed by atoms with Crippen molar-refractivity contribution in [1.29, 1.82) is 0 Å². The zero-order valence-electron chi connectivity index (χ0n) is 7.90. The van der Waals surface area contributed by atoms with E-state index in [1.807, 2.05) is 6.07 Å². The summed E-state index contributed by atoms with van der Waals surface area (Å²) in [5.74, 6) is 0.768. The molecule has 4 nitrogen and oxygen atoms in total. The lowest BCUT2D eigenvalue weighted by atomic mass is 10.4. The monoisotopic (exact) mass is 212 g/mol. The van der Waals surface area contributed by atoms with Crippen LogP contribution in [-0.2, 0) is 6.54 Å². The van der Waals surface area contributed by atoms with Crippen molar-refractivity contribution < 1.29 is 4.92 Å². The summed E-state index contributed by atoms with van der Waals surface area (Å²) in [6.07, 6.45) is 1.23. The highest BCUT2D eigenvalue weighted by Crippen LogP contribution is 2.30. The molecule has 1 aliphatic rings. The summed E-state index contributed by atoms with van der Waals surface area (Å²) in [4.78, 5) is 11.1. The van der Waals surface area contributed by atoms with E-state index in [0.717, 1.165) is 17.3 Å². The molecule has 2 rings (SSSR count). The maximum Gasteiger partial charge on any atom is 0.324 e. The van der Waals surface area contributed by atoms with Crippen molar-refractivity contribution in [2.45, 2.75) is 25.9 Å². The molecule has 1 aliphatic carbocycles. The minimum atomic E-state index is -0.339. The third kappa shape index (κ3) is 2.10. The lowest BCUT2D eigenvalue weighted by molar-refractivity contribution is -0.380. The van der Waals surface area contributed by atoms with Gasteiger partial charge in [-0.1, -0.05) is 18.3 Å². The predicted molar refractivity (Wildman–Crippen MR) is 55.4 cm³/mol. The van der Waals surface area contributed by atoms with Crippen LogP contribution in [-0.4, -0.2) is 11.0 Å². The zero-order valence-corrected chi connectivity index (χ0v) is 8.71. The number of hydrogen-bond acceptors (Lipinski definition) is 4. The molecule has 5 heteroatoms. The Morgan fingerprint density at radius 2 is 2.43 bits per heavy atom. The molecule has 0 aliphatic heterocycles. The van der Waals surface area contributed by atoms with E-state index in [4.69, 9.17) is 0 Å². The number of thiophene rings is 1. The average Bonchev–Trinajstić information content (AvgIpc) is 2.68. The maximum absolute atomic E-state index is 10.4. The molecule has 14 heavy (non-hydrogen) atoms. The molecule has 1 fully saturated rings. The molecule has 76 valence electrons. The van der Waals surface area contributed by atoms with E-state index in [1.165, 1.54) is 17.8 Å². The molecule has 0 amide bonds. The normalized spacial score (nSPS) is 24.9. The van der Waals surface area contributed by atoms with Crippen molar-refractivity contribution in [3.8, 4) is 0 Å². The lowest BCUT2D eigenvalue weighted by Crippen LogP contribution is -2.16. The second-order valence-corrected chi connectivity index (χ2v) is 4.84. The summed E-state index contributed by atoms with van der Waals surface area (Å²) in [6.45, 7) is 2.96. The average molecular weight is 212 g/mol. The van der Waals surface area contributed by atoms with Gasteiger partial charge in [0.2, 0.25) is 0 Å². The van der Waals surface area contributed by atoms with Crippen molar-refractivity contribution in [1.82, 2.24) is 5.32 Å². The third-order valence-corrected chi connectivity index (χ3v) is 3.51. The SMILES string of the molecule is CC1CC1NCc1ccc([N+](=O)[O-])s1. The van der Waals surface area contributed by atoms with Gasteiger partial charge in [0.05, 0.1) is 4.92 Å². The summed E-state index contributed by atoms with van der Waals surface area (Å²) in [5.41, 5.74) is 0. The Hall–Kier alpha value is -0.940. The van der Waals surface area contributed by atoms with Gasteiger partial charge in [-0.25, -0.2) is 0 Å². The van der Waals surface area contributed by atoms with Crippen LogP contribution < -0.4 is 5.32 Å². The van der Waals surface area contributed by atoms with Crippen LogP contribution >= 0.6 is 11.3 Å². The predicted octanol–water partition coefficient (Wildman–Crippen LogP) is 2.15. The maximum atomic E-state index is 10.4. The molecule has 0 radical (unpaired) electrons. The van der Waals surface area contributed by atoms with E-state index in [-0.39, 0.29) is 9.92 Å². The lowest BCUT2D eigenvalue weighted by Gasteiger charge is -1.98. The Morgan fingerprint density at radius 1 is 1.71 bits per heavy atom. The molecule has 2 unspecified atom stereocenters. The van der Waals surface area contributed by atoms with Crippen LogP contribution in [0.4, 0.5) is 5.00 Å². The van der Waals surface area contributed by atoms with Crippen molar-refractivity contribution in [2.24, 2.45) is 5.92 Å². The number of rotatable bonds is 4. The minimum absolute atomic E-state index is 0.227. The van der Waals surface area contributed by atoms with Gasteiger partial charge in [0.15, 0.2) is 0 Å². The van der Waals surface area contributed by atoms with E-state index in [9.17, 15) is 10.1 Å². The largest absolute Gasteiger partial charge is 0.324 e. The van der Waals surface area contributed by atoms with E-state index in [2.05, 4.69) is 12.2 Å². The fraction of sp³-hybridized carbons (Fsp3) is 0.556. The molecular formula is C9H12N2O2S. The first-order chi connectivity index (χ1) is 6.66. The molecule has 0 saturated heterocycles. The summed E-state index contributed by atoms with van der Waals surface area (Å²) in [7, 11) is 0. The van der Waals surface area contributed by atoms with Gasteiger partial charge in [-0.3, -0.25) is 10.1 Å². The fourth-order valence-electron chi connectivity index (χ4n) is 1.40. The number of hydrogen-bond donors (Lipinski definition) is 1. The van der Waals surface area contributed by atoms with E-state index in [1.54, 1.807) is 6.07 Å². The van der Waals surface area contributed by atoms with Gasteiger partial charge in [0.1, 0.15) is 0 Å². The topological polar surface area (TPSA) is 55.2 Å². The molecule has 0 spiro atoms. The number of nitrogens with one attached hydrogen (secondary N) is 1.